The first kappa shape index (κ1) is 38.0. The van der Waals surface area contributed by atoms with Gasteiger partial charge in [0.15, 0.2) is 0 Å². The lowest BCUT2D eigenvalue weighted by Gasteiger charge is -2.26. The zero-order chi connectivity index (χ0) is 42.0. The molecular formula is C62H45N. The number of allylic oxidation sites excluding steroid dienone is 1. The van der Waals surface area contributed by atoms with Crippen LogP contribution in [0.2, 0.25) is 0 Å². The van der Waals surface area contributed by atoms with Gasteiger partial charge in [-0.05, 0) is 162 Å². The van der Waals surface area contributed by atoms with Crippen molar-refractivity contribution in [1.82, 2.24) is 0 Å². The van der Waals surface area contributed by atoms with Gasteiger partial charge in [0.1, 0.15) is 0 Å². The Bertz CT molecular complexity index is 3160. The van der Waals surface area contributed by atoms with Gasteiger partial charge in [0.25, 0.3) is 0 Å². The molecule has 1 heteroatoms. The van der Waals surface area contributed by atoms with Crippen LogP contribution >= 0.6 is 0 Å². The molecule has 1 aliphatic carbocycles. The fourth-order valence-electron chi connectivity index (χ4n) is 9.36. The second kappa shape index (κ2) is 16.8. The van der Waals surface area contributed by atoms with E-state index < -0.39 is 0 Å². The van der Waals surface area contributed by atoms with Gasteiger partial charge in [-0.25, -0.2) is 0 Å². The summed E-state index contributed by atoms with van der Waals surface area (Å²) < 4.78 is 0. The van der Waals surface area contributed by atoms with Gasteiger partial charge in [0, 0.05) is 17.1 Å². The highest BCUT2D eigenvalue weighted by Crippen LogP contribution is 2.45. The fraction of sp³-hybridized carbons (Fsp3) is 0.0323. The molecule has 10 aromatic carbocycles. The molecule has 10 aromatic rings. The number of fused-ring (bicyclic) bond motifs is 2. The minimum atomic E-state index is 1.09. The normalized spacial score (nSPS) is 11.9. The average molecular weight is 804 g/mol. The lowest BCUT2D eigenvalue weighted by atomic mass is 9.84. The molecule has 0 atom stereocenters. The van der Waals surface area contributed by atoms with Crippen LogP contribution in [0, 0.1) is 0 Å². The van der Waals surface area contributed by atoms with Crippen LogP contribution in [0.1, 0.15) is 17.5 Å². The molecule has 0 saturated carbocycles. The Balaban J connectivity index is 0.997. The van der Waals surface area contributed by atoms with Gasteiger partial charge in [-0.15, -0.1) is 0 Å². The Morgan fingerprint density at radius 3 is 1.43 bits per heavy atom. The topological polar surface area (TPSA) is 3.24 Å². The summed E-state index contributed by atoms with van der Waals surface area (Å²) >= 11 is 0. The molecule has 298 valence electrons. The molecule has 0 spiro atoms. The number of para-hydroxylation sites is 1. The highest BCUT2D eigenvalue weighted by Gasteiger charge is 2.19. The zero-order valence-electron chi connectivity index (χ0n) is 35.0. The molecular weight excluding hydrogens is 759 g/mol. The minimum Gasteiger partial charge on any atom is -0.311 e. The van der Waals surface area contributed by atoms with Gasteiger partial charge < -0.3 is 4.90 Å². The molecule has 11 rings (SSSR count). The van der Waals surface area contributed by atoms with E-state index in [9.17, 15) is 0 Å². The first-order valence-electron chi connectivity index (χ1n) is 22.0. The average Bonchev–Trinajstić information content (AvgIpc) is 3.37. The van der Waals surface area contributed by atoms with E-state index in [2.05, 4.69) is 254 Å². The van der Waals surface area contributed by atoms with E-state index in [1.54, 1.807) is 0 Å². The standard InChI is InChI=1S/C62H45N/c1-5-17-44(18-6-1)54-42-60(47-20-7-2-8-21-47)62(61(43-54)48-22-9-3-10-23-48)49-33-37-57(38-34-49)63(55-26-11-4-12-27-55)56-35-31-46(32-36-56)53-40-51-25-15-16-28-58(51)59(41-53)52-30-29-45-19-13-14-24-50(45)39-52/h1-13,15-23,25-43H,14,24H2. The summed E-state index contributed by atoms with van der Waals surface area (Å²) in [5.74, 6) is 0. The molecule has 1 aliphatic rings. The van der Waals surface area contributed by atoms with Crippen molar-refractivity contribution in [3.8, 4) is 66.8 Å². The van der Waals surface area contributed by atoms with Crippen molar-refractivity contribution in [3.05, 3.63) is 254 Å². The molecule has 0 fully saturated rings. The highest BCUT2D eigenvalue weighted by atomic mass is 15.1. The summed E-state index contributed by atoms with van der Waals surface area (Å²) in [7, 11) is 0. The fourth-order valence-corrected chi connectivity index (χ4v) is 9.36. The number of anilines is 3. The van der Waals surface area contributed by atoms with Crippen molar-refractivity contribution in [3.63, 3.8) is 0 Å². The van der Waals surface area contributed by atoms with Gasteiger partial charge in [0.05, 0.1) is 0 Å². The van der Waals surface area contributed by atoms with Crippen LogP contribution in [0.3, 0.4) is 0 Å². The Labute approximate surface area is 370 Å². The molecule has 0 unspecified atom stereocenters. The van der Waals surface area contributed by atoms with Gasteiger partial charge in [-0.2, -0.15) is 0 Å². The third-order valence-corrected chi connectivity index (χ3v) is 12.5. The maximum Gasteiger partial charge on any atom is 0.0462 e. The van der Waals surface area contributed by atoms with E-state index in [0.717, 1.165) is 29.9 Å². The van der Waals surface area contributed by atoms with Crippen LogP contribution < -0.4 is 4.90 Å². The number of hydrogen-bond acceptors (Lipinski definition) is 1. The Kier molecular flexibility index (Phi) is 10.1. The predicted molar refractivity (Wildman–Crippen MR) is 269 cm³/mol. The van der Waals surface area contributed by atoms with Crippen LogP contribution in [-0.4, -0.2) is 0 Å². The monoisotopic (exact) mass is 803 g/mol. The van der Waals surface area contributed by atoms with Crippen molar-refractivity contribution in [2.45, 2.75) is 12.8 Å². The molecule has 0 bridgehead atoms. The van der Waals surface area contributed by atoms with E-state index in [1.165, 1.54) is 88.7 Å². The number of rotatable bonds is 9. The molecule has 0 N–H and O–H groups in total. The van der Waals surface area contributed by atoms with Crippen molar-refractivity contribution in [2.75, 3.05) is 4.90 Å². The van der Waals surface area contributed by atoms with Crippen LogP contribution in [-0.2, 0) is 6.42 Å². The molecule has 0 aliphatic heterocycles. The van der Waals surface area contributed by atoms with Crippen molar-refractivity contribution >= 4 is 33.9 Å². The largest absolute Gasteiger partial charge is 0.311 e. The molecule has 0 radical (unpaired) electrons. The molecule has 63 heavy (non-hydrogen) atoms. The van der Waals surface area contributed by atoms with Crippen LogP contribution in [0.4, 0.5) is 17.1 Å². The summed E-state index contributed by atoms with van der Waals surface area (Å²) in [6.07, 6.45) is 6.73. The lowest BCUT2D eigenvalue weighted by Crippen LogP contribution is -2.09. The third kappa shape index (κ3) is 7.56. The first-order valence-corrected chi connectivity index (χ1v) is 22.0. The van der Waals surface area contributed by atoms with E-state index in [4.69, 9.17) is 0 Å². The summed E-state index contributed by atoms with van der Waals surface area (Å²) in [5.41, 5.74) is 20.6. The second-order valence-electron chi connectivity index (χ2n) is 16.4. The van der Waals surface area contributed by atoms with Crippen LogP contribution in [0.25, 0.3) is 83.6 Å². The van der Waals surface area contributed by atoms with Gasteiger partial charge in [-0.3, -0.25) is 0 Å². The smallest absolute Gasteiger partial charge is 0.0462 e. The van der Waals surface area contributed by atoms with Crippen LogP contribution in [0.15, 0.2) is 243 Å². The number of nitrogens with zero attached hydrogens (tertiary/aromatic N) is 1. The quantitative estimate of drug-likeness (QED) is 0.140. The van der Waals surface area contributed by atoms with Gasteiger partial charge >= 0.3 is 0 Å². The van der Waals surface area contributed by atoms with E-state index >= 15 is 0 Å². The molecule has 1 nitrogen and oxygen atoms in total. The van der Waals surface area contributed by atoms with E-state index in [0.29, 0.717) is 0 Å². The molecule has 0 heterocycles. The maximum atomic E-state index is 2.40. The van der Waals surface area contributed by atoms with Crippen molar-refractivity contribution in [2.24, 2.45) is 0 Å². The Hall–Kier alpha value is -8.00. The molecule has 0 amide bonds. The summed E-state index contributed by atoms with van der Waals surface area (Å²) in [6, 6.07) is 86.4. The summed E-state index contributed by atoms with van der Waals surface area (Å²) in [6.45, 7) is 0. The Morgan fingerprint density at radius 1 is 0.317 bits per heavy atom. The van der Waals surface area contributed by atoms with Crippen molar-refractivity contribution in [1.29, 1.82) is 0 Å². The van der Waals surface area contributed by atoms with Crippen LogP contribution in [0.5, 0.6) is 0 Å². The number of benzene rings is 10. The predicted octanol–water partition coefficient (Wildman–Crippen LogP) is 17.3. The lowest BCUT2D eigenvalue weighted by molar-refractivity contribution is 0.986. The Morgan fingerprint density at radius 2 is 0.794 bits per heavy atom. The maximum absolute atomic E-state index is 2.40. The molecule has 0 saturated heterocycles. The van der Waals surface area contributed by atoms with E-state index in [1.807, 2.05) is 0 Å². The summed E-state index contributed by atoms with van der Waals surface area (Å²) in [4.78, 5) is 2.36. The number of aryl methyl sites for hydroxylation is 1. The highest BCUT2D eigenvalue weighted by molar-refractivity contribution is 6.01. The third-order valence-electron chi connectivity index (χ3n) is 12.5. The SMILES string of the molecule is C1=Cc2ccc(-c3cc(-c4ccc(N(c5ccccc5)c5ccc(-c6c(-c7ccccc7)cc(-c7ccccc7)cc6-c6ccccc6)cc5)cc4)cc4ccccc34)cc2CC1. The number of hydrogen-bond donors (Lipinski definition) is 0. The minimum absolute atomic E-state index is 1.09. The van der Waals surface area contributed by atoms with Gasteiger partial charge in [-0.1, -0.05) is 188 Å². The molecule has 0 aromatic heterocycles. The second-order valence-corrected chi connectivity index (χ2v) is 16.4. The van der Waals surface area contributed by atoms with E-state index in [-0.39, 0.29) is 0 Å². The van der Waals surface area contributed by atoms with Crippen molar-refractivity contribution < 1.29 is 0 Å². The first-order chi connectivity index (χ1) is 31.2. The zero-order valence-corrected chi connectivity index (χ0v) is 35.0. The van der Waals surface area contributed by atoms with Gasteiger partial charge in [0.2, 0.25) is 0 Å². The summed E-state index contributed by atoms with van der Waals surface area (Å²) in [5, 5.41) is 2.53.